The first-order valence-electron chi connectivity index (χ1n) is 17.1. The minimum Gasteiger partial charge on any atom is -0.324 e. The van der Waals surface area contributed by atoms with Crippen LogP contribution in [0, 0.1) is 27.7 Å². The summed E-state index contributed by atoms with van der Waals surface area (Å²) in [7, 11) is 0. The van der Waals surface area contributed by atoms with Crippen molar-refractivity contribution in [2.24, 2.45) is 0 Å². The first kappa shape index (κ1) is 36.1. The smallest absolute Gasteiger partial charge is 0.279 e. The summed E-state index contributed by atoms with van der Waals surface area (Å²) in [6.45, 7) is 18.4. The molecule has 0 radical (unpaired) electrons. The third kappa shape index (κ3) is 10.9. The highest BCUT2D eigenvalue weighted by Gasteiger charge is 2.34. The first-order chi connectivity index (χ1) is 21.2. The predicted molar refractivity (Wildman–Crippen MR) is 190 cm³/mol. The number of thioether (sulfide) groups is 1. The Morgan fingerprint density at radius 3 is 1.91 bits per heavy atom. The van der Waals surface area contributed by atoms with E-state index in [0.29, 0.717) is 6.54 Å². The Hall–Kier alpha value is -2.35. The Kier molecular flexibility index (Phi) is 15.3. The Morgan fingerprint density at radius 1 is 0.795 bits per heavy atom. The molecule has 3 rings (SSSR count). The van der Waals surface area contributed by atoms with Gasteiger partial charge in [-0.15, -0.1) is 0 Å². The molecule has 7 heteroatoms. The van der Waals surface area contributed by atoms with Gasteiger partial charge in [-0.3, -0.25) is 14.5 Å². The number of carbonyl (C=O) groups is 2. The second kappa shape index (κ2) is 18.6. The van der Waals surface area contributed by atoms with Crippen LogP contribution >= 0.6 is 11.8 Å². The zero-order chi connectivity index (χ0) is 32.0. The third-order valence-electron chi connectivity index (χ3n) is 9.36. The molecular formula is C37H59N4O2S+. The van der Waals surface area contributed by atoms with Crippen molar-refractivity contribution in [2.45, 2.75) is 99.0 Å². The van der Waals surface area contributed by atoms with Gasteiger partial charge in [0.2, 0.25) is 5.91 Å². The van der Waals surface area contributed by atoms with Gasteiger partial charge in [-0.2, -0.15) is 11.8 Å². The summed E-state index contributed by atoms with van der Waals surface area (Å²) in [6, 6.07) is 12.3. The van der Waals surface area contributed by atoms with E-state index in [-0.39, 0.29) is 17.9 Å². The lowest BCUT2D eigenvalue weighted by atomic mass is 10.00. The number of para-hydroxylation sites is 2. The molecule has 244 valence electrons. The number of nitrogens with one attached hydrogen (secondary N) is 2. The van der Waals surface area contributed by atoms with E-state index in [1.165, 1.54) is 25.7 Å². The van der Waals surface area contributed by atoms with Crippen LogP contribution in [0.5, 0.6) is 0 Å². The molecule has 2 aromatic carbocycles. The lowest BCUT2D eigenvalue weighted by molar-refractivity contribution is -0.918. The molecule has 2 atom stereocenters. The highest BCUT2D eigenvalue weighted by molar-refractivity contribution is 7.99. The van der Waals surface area contributed by atoms with E-state index in [2.05, 4.69) is 87.4 Å². The highest BCUT2D eigenvalue weighted by atomic mass is 32.2. The van der Waals surface area contributed by atoms with Crippen molar-refractivity contribution in [3.8, 4) is 0 Å². The zero-order valence-electron chi connectivity index (χ0n) is 28.5. The van der Waals surface area contributed by atoms with E-state index in [9.17, 15) is 9.59 Å². The van der Waals surface area contributed by atoms with Gasteiger partial charge in [0.25, 0.3) is 5.91 Å². The standard InChI is InChI=1S/C37H58N4O2S/c1-7-9-13-24-41(26-27-44-8-2,28-34(42)38-35-29(3)17-15-18-30(35)4)25-14-11-10-12-22-40-23-21-33(40)37(43)39-36-31(5)19-16-20-32(36)6/h15-20,33H,7-14,21-28H2,1-6H3,(H-,38,39,42,43)/p+1. The summed E-state index contributed by atoms with van der Waals surface area (Å²) in [6.07, 6.45) is 9.10. The highest BCUT2D eigenvalue weighted by Crippen LogP contribution is 2.25. The number of anilines is 2. The minimum atomic E-state index is -0.0108. The van der Waals surface area contributed by atoms with Crippen LogP contribution in [-0.2, 0) is 9.59 Å². The van der Waals surface area contributed by atoms with Crippen molar-refractivity contribution in [1.82, 2.24) is 4.90 Å². The minimum absolute atomic E-state index is 0.0108. The van der Waals surface area contributed by atoms with Crippen molar-refractivity contribution in [2.75, 3.05) is 61.4 Å². The Morgan fingerprint density at radius 2 is 1.36 bits per heavy atom. The SMILES string of the molecule is CCCCC[N+](CCCCCCN1CCC1C(=O)Nc1c(C)cccc1C)(CCSCC)CC(=O)Nc1c(C)cccc1C. The molecule has 2 amide bonds. The lowest BCUT2D eigenvalue weighted by Crippen LogP contribution is -2.55. The van der Waals surface area contributed by atoms with Crippen LogP contribution in [0.4, 0.5) is 11.4 Å². The molecule has 2 unspecified atom stereocenters. The molecule has 2 aromatic rings. The number of nitrogens with zero attached hydrogens (tertiary/aromatic N) is 2. The molecule has 2 N–H and O–H groups in total. The van der Waals surface area contributed by atoms with E-state index in [1.54, 1.807) is 0 Å². The number of hydrogen-bond donors (Lipinski definition) is 2. The number of benzene rings is 2. The topological polar surface area (TPSA) is 61.4 Å². The van der Waals surface area contributed by atoms with E-state index in [1.807, 2.05) is 17.8 Å². The van der Waals surface area contributed by atoms with Crippen LogP contribution in [0.25, 0.3) is 0 Å². The van der Waals surface area contributed by atoms with Gasteiger partial charge in [-0.1, -0.05) is 63.1 Å². The maximum absolute atomic E-state index is 13.5. The summed E-state index contributed by atoms with van der Waals surface area (Å²) >= 11 is 1.99. The van der Waals surface area contributed by atoms with Crippen LogP contribution in [0.3, 0.4) is 0 Å². The fraction of sp³-hybridized carbons (Fsp3) is 0.622. The van der Waals surface area contributed by atoms with Gasteiger partial charge < -0.3 is 15.1 Å². The van der Waals surface area contributed by atoms with E-state index >= 15 is 0 Å². The average molecular weight is 624 g/mol. The fourth-order valence-corrected chi connectivity index (χ4v) is 7.31. The third-order valence-corrected chi connectivity index (χ3v) is 10.2. The molecule has 0 aliphatic carbocycles. The molecule has 0 aromatic heterocycles. The number of unbranched alkanes of at least 4 members (excludes halogenated alkanes) is 5. The lowest BCUT2D eigenvalue weighted by Gasteiger charge is -2.40. The van der Waals surface area contributed by atoms with Crippen LogP contribution < -0.4 is 10.6 Å². The number of carbonyl (C=O) groups excluding carboxylic acids is 2. The molecule has 44 heavy (non-hydrogen) atoms. The van der Waals surface area contributed by atoms with Gasteiger partial charge in [0.1, 0.15) is 0 Å². The van der Waals surface area contributed by atoms with Crippen LogP contribution in [0.2, 0.25) is 0 Å². The molecule has 0 bridgehead atoms. The largest absolute Gasteiger partial charge is 0.324 e. The second-order valence-corrected chi connectivity index (χ2v) is 14.3. The summed E-state index contributed by atoms with van der Waals surface area (Å²) in [5.74, 6) is 2.49. The van der Waals surface area contributed by atoms with Gasteiger partial charge in [-0.05, 0) is 101 Å². The van der Waals surface area contributed by atoms with Crippen molar-refractivity contribution in [3.05, 3.63) is 58.7 Å². The summed E-state index contributed by atoms with van der Waals surface area (Å²) in [4.78, 5) is 28.9. The Labute approximate surface area is 272 Å². The quantitative estimate of drug-likeness (QED) is 0.116. The van der Waals surface area contributed by atoms with Crippen molar-refractivity contribution >= 4 is 35.0 Å². The van der Waals surface area contributed by atoms with Gasteiger partial charge in [-0.25, -0.2) is 0 Å². The van der Waals surface area contributed by atoms with Gasteiger partial charge in [0.15, 0.2) is 6.54 Å². The van der Waals surface area contributed by atoms with E-state index in [4.69, 9.17) is 0 Å². The molecule has 1 aliphatic heterocycles. The van der Waals surface area contributed by atoms with Crippen molar-refractivity contribution < 1.29 is 14.1 Å². The van der Waals surface area contributed by atoms with Gasteiger partial charge in [0, 0.05) is 23.7 Å². The van der Waals surface area contributed by atoms with E-state index in [0.717, 1.165) is 108 Å². The molecule has 1 heterocycles. The maximum atomic E-state index is 13.5. The predicted octanol–water partition coefficient (Wildman–Crippen LogP) is 7.89. The number of quaternary nitrogens is 1. The molecule has 1 saturated heterocycles. The molecule has 6 nitrogen and oxygen atoms in total. The second-order valence-electron chi connectivity index (χ2n) is 12.9. The average Bonchev–Trinajstić information content (AvgIpc) is 2.96. The Balaban J connectivity index is 1.52. The van der Waals surface area contributed by atoms with Crippen molar-refractivity contribution in [1.29, 1.82) is 0 Å². The van der Waals surface area contributed by atoms with Crippen LogP contribution in [0.1, 0.15) is 87.5 Å². The fourth-order valence-electron chi connectivity index (χ4n) is 6.51. The number of rotatable bonds is 20. The molecule has 0 spiro atoms. The van der Waals surface area contributed by atoms with Gasteiger partial charge >= 0.3 is 0 Å². The number of likely N-dealkylation sites (tertiary alicyclic amines) is 1. The summed E-state index contributed by atoms with van der Waals surface area (Å²) in [5.41, 5.74) is 6.41. The maximum Gasteiger partial charge on any atom is 0.279 e. The van der Waals surface area contributed by atoms with Gasteiger partial charge in [0.05, 0.1) is 25.7 Å². The molecule has 1 fully saturated rings. The summed E-state index contributed by atoms with van der Waals surface area (Å²) in [5, 5.41) is 6.48. The number of amides is 2. The first-order valence-corrected chi connectivity index (χ1v) is 18.2. The molecular weight excluding hydrogens is 565 g/mol. The summed E-state index contributed by atoms with van der Waals surface area (Å²) < 4.78 is 0.885. The molecule has 0 saturated carbocycles. The van der Waals surface area contributed by atoms with Crippen molar-refractivity contribution in [3.63, 3.8) is 0 Å². The molecule has 1 aliphatic rings. The number of hydrogen-bond acceptors (Lipinski definition) is 4. The number of aryl methyl sites for hydroxylation is 4. The Bertz CT molecular complexity index is 1150. The van der Waals surface area contributed by atoms with Crippen LogP contribution in [0.15, 0.2) is 36.4 Å². The van der Waals surface area contributed by atoms with Crippen LogP contribution in [-0.4, -0.2) is 78.0 Å². The van der Waals surface area contributed by atoms with E-state index < -0.39 is 0 Å². The zero-order valence-corrected chi connectivity index (χ0v) is 29.3. The normalized spacial score (nSPS) is 16.3. The monoisotopic (exact) mass is 623 g/mol.